The van der Waals surface area contributed by atoms with Gasteiger partial charge in [-0.25, -0.2) is 0 Å². The molecule has 0 spiro atoms. The first-order valence-corrected chi connectivity index (χ1v) is 8.50. The summed E-state index contributed by atoms with van der Waals surface area (Å²) in [4.78, 5) is 14.7. The number of nitrogens with one attached hydrogen (secondary N) is 1. The zero-order valence-corrected chi connectivity index (χ0v) is 14.6. The Morgan fingerprint density at radius 2 is 2.04 bits per heavy atom. The number of amides is 1. The van der Waals surface area contributed by atoms with Crippen molar-refractivity contribution in [3.63, 3.8) is 0 Å². The molecule has 25 heavy (non-hydrogen) atoms. The highest BCUT2D eigenvalue weighted by molar-refractivity contribution is 6.31. The van der Waals surface area contributed by atoms with E-state index in [-0.39, 0.29) is 11.8 Å². The lowest BCUT2D eigenvalue weighted by atomic mass is 9.95. The smallest absolute Gasteiger partial charge is 0.227 e. The van der Waals surface area contributed by atoms with Gasteiger partial charge in [-0.3, -0.25) is 4.79 Å². The largest absolute Gasteiger partial charge is 0.355 e. The van der Waals surface area contributed by atoms with Gasteiger partial charge in [0.05, 0.1) is 16.9 Å². The quantitative estimate of drug-likeness (QED) is 0.914. The van der Waals surface area contributed by atoms with E-state index in [4.69, 9.17) is 16.9 Å². The van der Waals surface area contributed by atoms with Gasteiger partial charge in [0.25, 0.3) is 0 Å². The maximum Gasteiger partial charge on any atom is 0.227 e. The third kappa shape index (κ3) is 4.06. The molecule has 1 fully saturated rings. The van der Waals surface area contributed by atoms with Crippen molar-refractivity contribution in [1.82, 2.24) is 10.2 Å². The Morgan fingerprint density at radius 1 is 1.28 bits per heavy atom. The minimum absolute atomic E-state index is 0.0755. The number of hydrogen-bond donors (Lipinski definition) is 1. The monoisotopic (exact) mass is 355 g/mol. The van der Waals surface area contributed by atoms with Crippen molar-refractivity contribution in [2.24, 2.45) is 5.92 Å². The van der Waals surface area contributed by atoms with Gasteiger partial charge in [0.2, 0.25) is 5.91 Å². The standard InChI is InChI=1S/C18H18ClN5O/c1-12-2-5-17(23-22-12)24-8-6-13(7-9-24)18(25)21-16-10-15(19)4-3-14(16)11-20/h2-5,10,13H,6-9H2,1H3,(H,21,25). The lowest BCUT2D eigenvalue weighted by Gasteiger charge is -2.31. The van der Waals surface area contributed by atoms with Crippen LogP contribution in [0, 0.1) is 24.2 Å². The molecule has 2 heterocycles. The van der Waals surface area contributed by atoms with Gasteiger partial charge in [-0.15, -0.1) is 5.10 Å². The average Bonchev–Trinajstić information content (AvgIpc) is 2.63. The van der Waals surface area contributed by atoms with Crippen LogP contribution in [0.5, 0.6) is 0 Å². The van der Waals surface area contributed by atoms with Crippen LogP contribution in [0.3, 0.4) is 0 Å². The van der Waals surface area contributed by atoms with Crippen LogP contribution in [0.4, 0.5) is 11.5 Å². The molecule has 3 rings (SSSR count). The number of rotatable bonds is 3. The molecule has 0 aliphatic carbocycles. The molecule has 1 aliphatic heterocycles. The minimum atomic E-state index is -0.0971. The number of halogens is 1. The second-order valence-electron chi connectivity index (χ2n) is 6.09. The van der Waals surface area contributed by atoms with E-state index in [0.29, 0.717) is 16.3 Å². The van der Waals surface area contributed by atoms with Gasteiger partial charge in [-0.2, -0.15) is 10.4 Å². The van der Waals surface area contributed by atoms with E-state index >= 15 is 0 Å². The van der Waals surface area contributed by atoms with E-state index in [9.17, 15) is 4.79 Å². The number of aromatic nitrogens is 2. The van der Waals surface area contributed by atoms with Gasteiger partial charge >= 0.3 is 0 Å². The molecule has 1 aromatic heterocycles. The van der Waals surface area contributed by atoms with Crippen molar-refractivity contribution < 1.29 is 4.79 Å². The maximum atomic E-state index is 12.5. The number of aryl methyl sites for hydroxylation is 1. The normalized spacial score (nSPS) is 14.8. The first-order chi connectivity index (χ1) is 12.1. The Balaban J connectivity index is 1.61. The summed E-state index contributed by atoms with van der Waals surface area (Å²) in [6, 6.07) is 10.8. The summed E-state index contributed by atoms with van der Waals surface area (Å²) in [7, 11) is 0. The molecule has 0 saturated carbocycles. The van der Waals surface area contributed by atoms with Crippen LogP contribution >= 0.6 is 11.6 Å². The molecule has 2 aromatic rings. The van der Waals surface area contributed by atoms with Gasteiger partial charge in [0, 0.05) is 24.0 Å². The lowest BCUT2D eigenvalue weighted by Crippen LogP contribution is -2.38. The Labute approximate surface area is 151 Å². The van der Waals surface area contributed by atoms with Crippen molar-refractivity contribution in [2.75, 3.05) is 23.3 Å². The van der Waals surface area contributed by atoms with Crippen molar-refractivity contribution in [2.45, 2.75) is 19.8 Å². The fourth-order valence-corrected chi connectivity index (χ4v) is 3.06. The zero-order valence-electron chi connectivity index (χ0n) is 13.9. The molecule has 1 aliphatic rings. The Hall–Kier alpha value is -2.65. The molecular formula is C18H18ClN5O. The van der Waals surface area contributed by atoms with Gasteiger partial charge in [-0.1, -0.05) is 11.6 Å². The number of anilines is 2. The fourth-order valence-electron chi connectivity index (χ4n) is 2.88. The molecule has 0 atom stereocenters. The van der Waals surface area contributed by atoms with Crippen molar-refractivity contribution in [3.05, 3.63) is 46.6 Å². The van der Waals surface area contributed by atoms with Crippen LogP contribution < -0.4 is 10.2 Å². The summed E-state index contributed by atoms with van der Waals surface area (Å²) in [5.41, 5.74) is 1.75. The molecule has 6 nitrogen and oxygen atoms in total. The van der Waals surface area contributed by atoms with E-state index in [0.717, 1.165) is 37.4 Å². The van der Waals surface area contributed by atoms with Crippen LogP contribution in [-0.2, 0) is 4.79 Å². The predicted octanol–water partition coefficient (Wildman–Crippen LogP) is 3.17. The minimum Gasteiger partial charge on any atom is -0.355 e. The predicted molar refractivity (Wildman–Crippen MR) is 96.5 cm³/mol. The number of carbonyl (C=O) groups is 1. The summed E-state index contributed by atoms with van der Waals surface area (Å²) in [6.45, 7) is 3.39. The van der Waals surface area contributed by atoms with E-state index in [1.165, 1.54) is 0 Å². The van der Waals surface area contributed by atoms with E-state index < -0.39 is 0 Å². The van der Waals surface area contributed by atoms with Crippen LogP contribution in [0.15, 0.2) is 30.3 Å². The van der Waals surface area contributed by atoms with E-state index in [1.807, 2.05) is 19.1 Å². The maximum absolute atomic E-state index is 12.5. The first-order valence-electron chi connectivity index (χ1n) is 8.12. The first kappa shape index (κ1) is 17.2. The Bertz CT molecular complexity index is 807. The molecule has 7 heteroatoms. The van der Waals surface area contributed by atoms with Crippen LogP contribution in [0.1, 0.15) is 24.1 Å². The highest BCUT2D eigenvalue weighted by Crippen LogP contribution is 2.25. The van der Waals surface area contributed by atoms with Crippen LogP contribution in [0.2, 0.25) is 5.02 Å². The Kier molecular flexibility index (Phi) is 5.15. The highest BCUT2D eigenvalue weighted by atomic mass is 35.5. The SMILES string of the molecule is Cc1ccc(N2CCC(C(=O)Nc3cc(Cl)ccc3C#N)CC2)nn1. The Morgan fingerprint density at radius 3 is 2.68 bits per heavy atom. The van der Waals surface area contributed by atoms with Gasteiger partial charge in [-0.05, 0) is 50.1 Å². The molecule has 128 valence electrons. The van der Waals surface area contributed by atoms with Crippen LogP contribution in [-0.4, -0.2) is 29.2 Å². The second-order valence-corrected chi connectivity index (χ2v) is 6.52. The summed E-state index contributed by atoms with van der Waals surface area (Å²) in [6.07, 6.45) is 1.45. The molecular weight excluding hydrogens is 338 g/mol. The van der Waals surface area contributed by atoms with Gasteiger partial charge < -0.3 is 10.2 Å². The topological polar surface area (TPSA) is 81.9 Å². The van der Waals surface area contributed by atoms with Crippen LogP contribution in [0.25, 0.3) is 0 Å². The summed E-state index contributed by atoms with van der Waals surface area (Å²) < 4.78 is 0. The van der Waals surface area contributed by atoms with Crippen molar-refractivity contribution >= 4 is 29.0 Å². The summed E-state index contributed by atoms with van der Waals surface area (Å²) in [5.74, 6) is 0.666. The zero-order chi connectivity index (χ0) is 17.8. The van der Waals surface area contributed by atoms with E-state index in [1.54, 1.807) is 18.2 Å². The van der Waals surface area contributed by atoms with Gasteiger partial charge in [0.15, 0.2) is 5.82 Å². The van der Waals surface area contributed by atoms with Crippen molar-refractivity contribution in [1.29, 1.82) is 5.26 Å². The number of hydrogen-bond acceptors (Lipinski definition) is 5. The van der Waals surface area contributed by atoms with Gasteiger partial charge in [0.1, 0.15) is 6.07 Å². The molecule has 1 N–H and O–H groups in total. The molecule has 0 bridgehead atoms. The lowest BCUT2D eigenvalue weighted by molar-refractivity contribution is -0.120. The number of benzene rings is 1. The molecule has 0 unspecified atom stereocenters. The second kappa shape index (κ2) is 7.49. The number of piperidine rings is 1. The molecule has 1 amide bonds. The third-order valence-electron chi connectivity index (χ3n) is 4.33. The molecule has 1 aromatic carbocycles. The third-order valence-corrected chi connectivity index (χ3v) is 4.57. The summed E-state index contributed by atoms with van der Waals surface area (Å²) >= 11 is 5.96. The van der Waals surface area contributed by atoms with Crippen molar-refractivity contribution in [3.8, 4) is 6.07 Å². The average molecular weight is 356 g/mol. The number of nitriles is 1. The highest BCUT2D eigenvalue weighted by Gasteiger charge is 2.26. The number of nitrogens with zero attached hydrogens (tertiary/aromatic N) is 4. The number of carbonyl (C=O) groups excluding carboxylic acids is 1. The van der Waals surface area contributed by atoms with E-state index in [2.05, 4.69) is 26.5 Å². The fraction of sp³-hybridized carbons (Fsp3) is 0.333. The summed E-state index contributed by atoms with van der Waals surface area (Å²) in [5, 5.41) is 20.8. The molecule has 0 radical (unpaired) electrons. The molecule has 1 saturated heterocycles.